The lowest BCUT2D eigenvalue weighted by Gasteiger charge is -1.93. The van der Waals surface area contributed by atoms with E-state index in [-0.39, 0.29) is 0 Å². The highest BCUT2D eigenvalue weighted by atomic mass is 35.5. The summed E-state index contributed by atoms with van der Waals surface area (Å²) in [4.78, 5) is 4.24. The van der Waals surface area contributed by atoms with Gasteiger partial charge in [0.1, 0.15) is 11.3 Å². The van der Waals surface area contributed by atoms with E-state index in [4.69, 9.17) is 11.6 Å². The molecule has 2 aromatic rings. The Labute approximate surface area is 74.2 Å². The monoisotopic (exact) mass is 182 g/mol. The second-order valence-corrected chi connectivity index (χ2v) is 2.95. The second kappa shape index (κ2) is 2.42. The van der Waals surface area contributed by atoms with Crippen LogP contribution in [0.4, 0.5) is 0 Å². The third-order valence-electron chi connectivity index (χ3n) is 1.88. The van der Waals surface area contributed by atoms with Crippen LogP contribution in [0.1, 0.15) is 5.82 Å². The highest BCUT2D eigenvalue weighted by molar-refractivity contribution is 6.33. The van der Waals surface area contributed by atoms with Crippen molar-refractivity contribution in [1.29, 1.82) is 0 Å². The zero-order chi connectivity index (χ0) is 8.72. The van der Waals surface area contributed by atoms with Crippen LogP contribution in [0.5, 0.6) is 0 Å². The van der Waals surface area contributed by atoms with Gasteiger partial charge in [-0.1, -0.05) is 11.6 Å². The van der Waals surface area contributed by atoms with Crippen LogP contribution in [-0.2, 0) is 7.05 Å². The van der Waals surface area contributed by atoms with Crippen molar-refractivity contribution in [3.05, 3.63) is 17.2 Å². The van der Waals surface area contributed by atoms with Gasteiger partial charge in [-0.05, 0) is 6.92 Å². The number of nitrogens with zero attached hydrogens (tertiary/aromatic N) is 4. The lowest BCUT2D eigenvalue weighted by molar-refractivity contribution is 0.882. The van der Waals surface area contributed by atoms with Crippen LogP contribution >= 0.6 is 11.6 Å². The number of hydrogen-bond acceptors (Lipinski definition) is 3. The summed E-state index contributed by atoms with van der Waals surface area (Å²) in [6, 6.07) is 0. The number of hydrogen-bond donors (Lipinski definition) is 0. The lowest BCUT2D eigenvalue weighted by Crippen LogP contribution is -1.90. The van der Waals surface area contributed by atoms with Crippen LogP contribution < -0.4 is 0 Å². The first kappa shape index (κ1) is 7.49. The predicted molar refractivity (Wildman–Crippen MR) is 46.1 cm³/mol. The molecule has 0 aliphatic carbocycles. The molecular formula is C7H7ClN4. The molecule has 62 valence electrons. The summed E-state index contributed by atoms with van der Waals surface area (Å²) in [5.74, 6) is 0.904. The van der Waals surface area contributed by atoms with E-state index in [1.54, 1.807) is 6.20 Å². The molecule has 0 aliphatic rings. The van der Waals surface area contributed by atoms with Gasteiger partial charge >= 0.3 is 0 Å². The quantitative estimate of drug-likeness (QED) is 0.617. The van der Waals surface area contributed by atoms with Crippen LogP contribution in [0.25, 0.3) is 11.0 Å². The number of fused-ring (bicyclic) bond motifs is 1. The molecule has 0 bridgehead atoms. The standard InChI is InChI=1S/C7H7ClN4/c1-4-10-6-5(12(4)2)3-9-11-7(6)8/h3H,1-2H3. The van der Waals surface area contributed by atoms with E-state index in [2.05, 4.69) is 15.2 Å². The van der Waals surface area contributed by atoms with Crippen molar-refractivity contribution in [2.24, 2.45) is 7.05 Å². The summed E-state index contributed by atoms with van der Waals surface area (Å²) < 4.78 is 1.93. The average Bonchev–Trinajstić information content (AvgIpc) is 2.32. The maximum atomic E-state index is 5.79. The third kappa shape index (κ3) is 0.881. The van der Waals surface area contributed by atoms with E-state index in [0.717, 1.165) is 11.3 Å². The fourth-order valence-corrected chi connectivity index (χ4v) is 1.29. The van der Waals surface area contributed by atoms with Crippen LogP contribution in [0, 0.1) is 6.92 Å². The van der Waals surface area contributed by atoms with Gasteiger partial charge in [0, 0.05) is 7.05 Å². The van der Waals surface area contributed by atoms with Gasteiger partial charge in [-0.15, -0.1) is 5.10 Å². The average molecular weight is 183 g/mol. The van der Waals surface area contributed by atoms with Gasteiger partial charge in [0.2, 0.25) is 0 Å². The maximum Gasteiger partial charge on any atom is 0.179 e. The first-order valence-electron chi connectivity index (χ1n) is 3.50. The number of aryl methyl sites for hydroxylation is 2. The molecule has 0 fully saturated rings. The zero-order valence-electron chi connectivity index (χ0n) is 6.74. The molecule has 0 N–H and O–H groups in total. The minimum Gasteiger partial charge on any atom is -0.330 e. The van der Waals surface area contributed by atoms with Crippen LogP contribution in [0.2, 0.25) is 5.15 Å². The molecule has 2 rings (SSSR count). The van der Waals surface area contributed by atoms with Crippen LogP contribution in [0.3, 0.4) is 0 Å². The largest absolute Gasteiger partial charge is 0.330 e. The molecular weight excluding hydrogens is 176 g/mol. The van der Waals surface area contributed by atoms with Crippen molar-refractivity contribution in [3.63, 3.8) is 0 Å². The highest BCUT2D eigenvalue weighted by Gasteiger charge is 2.07. The molecule has 0 saturated carbocycles. The summed E-state index contributed by atoms with van der Waals surface area (Å²) in [6.07, 6.45) is 1.65. The lowest BCUT2D eigenvalue weighted by atomic mass is 10.5. The molecule has 0 aliphatic heterocycles. The van der Waals surface area contributed by atoms with Gasteiger partial charge in [-0.3, -0.25) is 0 Å². The van der Waals surface area contributed by atoms with Crippen LogP contribution in [0.15, 0.2) is 6.20 Å². The van der Waals surface area contributed by atoms with E-state index in [0.29, 0.717) is 10.7 Å². The van der Waals surface area contributed by atoms with E-state index in [9.17, 15) is 0 Å². The fourth-order valence-electron chi connectivity index (χ4n) is 1.11. The molecule has 2 heterocycles. The summed E-state index contributed by atoms with van der Waals surface area (Å²) in [5.41, 5.74) is 1.62. The minimum absolute atomic E-state index is 0.358. The predicted octanol–water partition coefficient (Wildman–Crippen LogP) is 1.33. The molecule has 12 heavy (non-hydrogen) atoms. The van der Waals surface area contributed by atoms with Gasteiger partial charge in [0.05, 0.1) is 11.7 Å². The van der Waals surface area contributed by atoms with E-state index in [1.165, 1.54) is 0 Å². The molecule has 4 nitrogen and oxygen atoms in total. The Morgan fingerprint density at radius 2 is 2.25 bits per heavy atom. The maximum absolute atomic E-state index is 5.79. The molecule has 2 aromatic heterocycles. The van der Waals surface area contributed by atoms with E-state index >= 15 is 0 Å². The number of aromatic nitrogens is 4. The Morgan fingerprint density at radius 3 is 2.92 bits per heavy atom. The van der Waals surface area contributed by atoms with Gasteiger partial charge in [0.15, 0.2) is 5.15 Å². The van der Waals surface area contributed by atoms with Gasteiger partial charge in [0.25, 0.3) is 0 Å². The zero-order valence-corrected chi connectivity index (χ0v) is 7.50. The summed E-state index contributed by atoms with van der Waals surface area (Å²) in [7, 11) is 1.92. The number of halogens is 1. The molecule has 0 spiro atoms. The van der Waals surface area contributed by atoms with Crippen molar-refractivity contribution in [2.75, 3.05) is 0 Å². The van der Waals surface area contributed by atoms with Gasteiger partial charge < -0.3 is 4.57 Å². The van der Waals surface area contributed by atoms with Crippen molar-refractivity contribution in [3.8, 4) is 0 Å². The molecule has 0 saturated heterocycles. The molecule has 0 atom stereocenters. The Hall–Kier alpha value is -1.16. The molecule has 5 heteroatoms. The third-order valence-corrected chi connectivity index (χ3v) is 2.14. The number of imidazole rings is 1. The molecule has 0 aromatic carbocycles. The van der Waals surface area contributed by atoms with Crippen molar-refractivity contribution in [2.45, 2.75) is 6.92 Å². The van der Waals surface area contributed by atoms with Gasteiger partial charge in [-0.25, -0.2) is 4.98 Å². The first-order chi connectivity index (χ1) is 5.70. The Morgan fingerprint density at radius 1 is 1.50 bits per heavy atom. The molecule has 0 unspecified atom stereocenters. The van der Waals surface area contributed by atoms with Crippen molar-refractivity contribution >= 4 is 22.6 Å². The molecule has 0 radical (unpaired) electrons. The summed E-state index contributed by atoms with van der Waals surface area (Å²) in [5, 5.41) is 7.80. The van der Waals surface area contributed by atoms with Crippen molar-refractivity contribution in [1.82, 2.24) is 19.7 Å². The smallest absolute Gasteiger partial charge is 0.179 e. The highest BCUT2D eigenvalue weighted by Crippen LogP contribution is 2.18. The topological polar surface area (TPSA) is 43.6 Å². The Kier molecular flexibility index (Phi) is 1.51. The van der Waals surface area contributed by atoms with Crippen molar-refractivity contribution < 1.29 is 0 Å². The minimum atomic E-state index is 0.358. The molecule has 0 amide bonds. The fraction of sp³-hybridized carbons (Fsp3) is 0.286. The SMILES string of the molecule is Cc1nc2c(Cl)nncc2n1C. The van der Waals surface area contributed by atoms with Gasteiger partial charge in [-0.2, -0.15) is 5.10 Å². The summed E-state index contributed by atoms with van der Waals surface area (Å²) >= 11 is 5.79. The second-order valence-electron chi connectivity index (χ2n) is 2.59. The summed E-state index contributed by atoms with van der Waals surface area (Å²) in [6.45, 7) is 1.91. The first-order valence-corrected chi connectivity index (χ1v) is 3.88. The van der Waals surface area contributed by atoms with Crippen LogP contribution in [-0.4, -0.2) is 19.7 Å². The van der Waals surface area contributed by atoms with E-state index < -0.39 is 0 Å². The van der Waals surface area contributed by atoms with E-state index in [1.807, 2.05) is 18.5 Å². The normalized spacial score (nSPS) is 10.9. The Bertz CT molecular complexity index is 434. The Balaban J connectivity index is 2.95. The number of rotatable bonds is 0.